The summed E-state index contributed by atoms with van der Waals surface area (Å²) in [6.07, 6.45) is 3.40. The molecule has 0 fully saturated rings. The molecule has 3 rings (SSSR count). The third-order valence-electron chi connectivity index (χ3n) is 4.33. The number of hydrogen-bond acceptors (Lipinski definition) is 6. The zero-order chi connectivity index (χ0) is 21.0. The zero-order valence-electron chi connectivity index (χ0n) is 17.5. The van der Waals surface area contributed by atoms with E-state index in [0.29, 0.717) is 6.42 Å². The summed E-state index contributed by atoms with van der Waals surface area (Å²) in [5.41, 5.74) is 2.17. The number of amides is 1. The predicted octanol–water partition coefficient (Wildman–Crippen LogP) is 3.52. The van der Waals surface area contributed by atoms with Gasteiger partial charge in [-0.05, 0) is 33.8 Å². The highest BCUT2D eigenvalue weighted by Gasteiger charge is 2.29. The van der Waals surface area contributed by atoms with Gasteiger partial charge in [0, 0.05) is 30.8 Å². The first-order valence-corrected chi connectivity index (χ1v) is 9.64. The molecule has 2 atom stereocenters. The number of oxime groups is 1. The van der Waals surface area contributed by atoms with Crippen LogP contribution in [-0.4, -0.2) is 45.9 Å². The maximum Gasteiger partial charge on any atom is 0.407 e. The van der Waals surface area contributed by atoms with Gasteiger partial charge in [-0.15, -0.1) is 0 Å². The van der Waals surface area contributed by atoms with E-state index in [1.54, 1.807) is 4.68 Å². The van der Waals surface area contributed by atoms with Crippen LogP contribution in [0.5, 0.6) is 5.75 Å². The number of hydrogen-bond donors (Lipinski definition) is 1. The smallest absolute Gasteiger partial charge is 0.407 e. The van der Waals surface area contributed by atoms with Crippen LogP contribution >= 0.6 is 0 Å². The van der Waals surface area contributed by atoms with E-state index in [1.165, 1.54) is 0 Å². The van der Waals surface area contributed by atoms with Crippen LogP contribution in [0.2, 0.25) is 0 Å². The SMILES string of the molecule is CC(Oc1ccccc1-c1cnn(C)c1)C1CC(CNC(=O)OC(C)(C)C)=NO1. The fraction of sp³-hybridized carbons (Fsp3) is 0.476. The Morgan fingerprint density at radius 1 is 1.38 bits per heavy atom. The lowest BCUT2D eigenvalue weighted by Crippen LogP contribution is -2.36. The van der Waals surface area contributed by atoms with Gasteiger partial charge in [0.15, 0.2) is 6.10 Å². The van der Waals surface area contributed by atoms with Crippen molar-refractivity contribution in [2.24, 2.45) is 12.2 Å². The van der Waals surface area contributed by atoms with Crippen molar-refractivity contribution in [3.05, 3.63) is 36.7 Å². The topological polar surface area (TPSA) is 87.0 Å². The van der Waals surface area contributed by atoms with Gasteiger partial charge in [0.25, 0.3) is 0 Å². The summed E-state index contributed by atoms with van der Waals surface area (Å²) >= 11 is 0. The first-order chi connectivity index (χ1) is 13.7. The average Bonchev–Trinajstić information content (AvgIpc) is 3.28. The summed E-state index contributed by atoms with van der Waals surface area (Å²) in [5.74, 6) is 0.761. The summed E-state index contributed by atoms with van der Waals surface area (Å²) in [7, 11) is 1.88. The lowest BCUT2D eigenvalue weighted by Gasteiger charge is -2.21. The molecular weight excluding hydrogens is 372 g/mol. The summed E-state index contributed by atoms with van der Waals surface area (Å²) < 4.78 is 13.2. The Kier molecular flexibility index (Phi) is 6.10. The van der Waals surface area contributed by atoms with E-state index in [2.05, 4.69) is 15.6 Å². The molecule has 8 heteroatoms. The van der Waals surface area contributed by atoms with Crippen LogP contribution in [0.1, 0.15) is 34.1 Å². The highest BCUT2D eigenvalue weighted by Crippen LogP contribution is 2.31. The van der Waals surface area contributed by atoms with Crippen LogP contribution in [0, 0.1) is 0 Å². The fourth-order valence-electron chi connectivity index (χ4n) is 2.94. The second-order valence-electron chi connectivity index (χ2n) is 8.08. The minimum atomic E-state index is -0.537. The quantitative estimate of drug-likeness (QED) is 0.802. The zero-order valence-corrected chi connectivity index (χ0v) is 17.5. The first kappa shape index (κ1) is 20.7. The van der Waals surface area contributed by atoms with Gasteiger partial charge in [-0.3, -0.25) is 4.68 Å². The van der Waals surface area contributed by atoms with Crippen LogP contribution < -0.4 is 10.1 Å². The molecule has 0 aliphatic carbocycles. The molecule has 1 aromatic carbocycles. The van der Waals surface area contributed by atoms with E-state index in [1.807, 2.05) is 71.4 Å². The Hall–Kier alpha value is -3.03. The van der Waals surface area contributed by atoms with E-state index in [-0.39, 0.29) is 18.8 Å². The second kappa shape index (κ2) is 8.55. The normalized spacial score (nSPS) is 17.3. The number of carbonyl (C=O) groups is 1. The Morgan fingerprint density at radius 3 is 2.83 bits per heavy atom. The third-order valence-corrected chi connectivity index (χ3v) is 4.33. The molecule has 156 valence electrons. The molecule has 1 aliphatic rings. The van der Waals surface area contributed by atoms with Crippen LogP contribution in [0.25, 0.3) is 11.1 Å². The Morgan fingerprint density at radius 2 is 2.14 bits per heavy atom. The number of carbonyl (C=O) groups excluding carboxylic acids is 1. The number of ether oxygens (including phenoxy) is 2. The molecule has 8 nitrogen and oxygen atoms in total. The largest absolute Gasteiger partial charge is 0.486 e. The highest BCUT2D eigenvalue weighted by molar-refractivity contribution is 5.89. The van der Waals surface area contributed by atoms with Crippen molar-refractivity contribution in [1.82, 2.24) is 15.1 Å². The van der Waals surface area contributed by atoms with Crippen molar-refractivity contribution in [2.45, 2.75) is 51.9 Å². The highest BCUT2D eigenvalue weighted by atomic mass is 16.7. The van der Waals surface area contributed by atoms with Crippen LogP contribution in [0.3, 0.4) is 0 Å². The molecule has 29 heavy (non-hydrogen) atoms. The van der Waals surface area contributed by atoms with Crippen molar-refractivity contribution in [1.29, 1.82) is 0 Å². The summed E-state index contributed by atoms with van der Waals surface area (Å²) in [6.45, 7) is 7.69. The summed E-state index contributed by atoms with van der Waals surface area (Å²) in [4.78, 5) is 17.3. The molecule has 0 spiro atoms. The number of aryl methyl sites for hydroxylation is 1. The Bertz CT molecular complexity index is 885. The second-order valence-corrected chi connectivity index (χ2v) is 8.08. The van der Waals surface area contributed by atoms with Gasteiger partial charge >= 0.3 is 6.09 Å². The molecule has 2 aromatic rings. The van der Waals surface area contributed by atoms with E-state index in [0.717, 1.165) is 22.6 Å². The number of aromatic nitrogens is 2. The maximum atomic E-state index is 11.8. The lowest BCUT2D eigenvalue weighted by molar-refractivity contribution is 0.00426. The minimum absolute atomic E-state index is 0.226. The molecule has 0 saturated carbocycles. The molecule has 1 aromatic heterocycles. The van der Waals surface area contributed by atoms with Gasteiger partial charge in [0.2, 0.25) is 0 Å². The van der Waals surface area contributed by atoms with E-state index in [4.69, 9.17) is 14.3 Å². The molecule has 1 amide bonds. The van der Waals surface area contributed by atoms with Gasteiger partial charge in [-0.1, -0.05) is 23.4 Å². The molecule has 0 bridgehead atoms. The minimum Gasteiger partial charge on any atom is -0.486 e. The van der Waals surface area contributed by atoms with Crippen molar-refractivity contribution in [3.63, 3.8) is 0 Å². The van der Waals surface area contributed by atoms with Crippen molar-refractivity contribution < 1.29 is 19.1 Å². The Labute approximate surface area is 170 Å². The maximum absolute atomic E-state index is 11.8. The van der Waals surface area contributed by atoms with Gasteiger partial charge in [0.1, 0.15) is 17.5 Å². The summed E-state index contributed by atoms with van der Waals surface area (Å²) in [5, 5.41) is 11.0. The van der Waals surface area contributed by atoms with Gasteiger partial charge in [0.05, 0.1) is 18.5 Å². The molecule has 1 aliphatic heterocycles. The Balaban J connectivity index is 1.54. The molecule has 1 N–H and O–H groups in total. The molecule has 0 radical (unpaired) electrons. The van der Waals surface area contributed by atoms with Gasteiger partial charge < -0.3 is 19.6 Å². The average molecular weight is 400 g/mol. The fourth-order valence-corrected chi connectivity index (χ4v) is 2.94. The van der Waals surface area contributed by atoms with Gasteiger partial charge in [-0.25, -0.2) is 4.79 Å². The van der Waals surface area contributed by atoms with Crippen molar-refractivity contribution >= 4 is 11.8 Å². The monoisotopic (exact) mass is 400 g/mol. The number of para-hydroxylation sites is 1. The molecule has 0 saturated heterocycles. The van der Waals surface area contributed by atoms with Crippen LogP contribution in [-0.2, 0) is 16.6 Å². The van der Waals surface area contributed by atoms with Crippen LogP contribution in [0.15, 0.2) is 41.8 Å². The first-order valence-electron chi connectivity index (χ1n) is 9.64. The predicted molar refractivity (Wildman–Crippen MR) is 110 cm³/mol. The molecular formula is C21H28N4O4. The number of benzene rings is 1. The van der Waals surface area contributed by atoms with E-state index >= 15 is 0 Å². The standard InChI is InChI=1S/C21H28N4O4/c1-14(19-10-16(24-29-19)12-22-20(26)28-21(2,3)4)27-18-9-7-6-8-17(18)15-11-23-25(5)13-15/h6-9,11,13-14,19H,10,12H2,1-5H3,(H,22,26). The number of alkyl carbamates (subject to hydrolysis) is 1. The molecule has 2 heterocycles. The van der Waals surface area contributed by atoms with Crippen molar-refractivity contribution in [2.75, 3.05) is 6.54 Å². The van der Waals surface area contributed by atoms with Gasteiger partial charge in [-0.2, -0.15) is 5.10 Å². The molecule has 2 unspecified atom stereocenters. The third kappa shape index (κ3) is 5.73. The number of rotatable bonds is 6. The van der Waals surface area contributed by atoms with E-state index < -0.39 is 11.7 Å². The van der Waals surface area contributed by atoms with E-state index in [9.17, 15) is 4.79 Å². The number of nitrogens with zero attached hydrogens (tertiary/aromatic N) is 3. The lowest BCUT2D eigenvalue weighted by atomic mass is 10.1. The number of nitrogens with one attached hydrogen (secondary N) is 1. The van der Waals surface area contributed by atoms with Crippen LogP contribution in [0.4, 0.5) is 4.79 Å². The van der Waals surface area contributed by atoms with Crippen molar-refractivity contribution in [3.8, 4) is 16.9 Å². The summed E-state index contributed by atoms with van der Waals surface area (Å²) in [6, 6.07) is 7.83.